The van der Waals surface area contributed by atoms with Gasteiger partial charge in [-0.25, -0.2) is 8.42 Å². The molecular weight excluding hydrogens is 416 g/mol. The molecule has 1 aromatic carbocycles. The molecule has 1 saturated heterocycles. The first-order valence-corrected chi connectivity index (χ1v) is 11.9. The minimum absolute atomic E-state index is 0.0350. The van der Waals surface area contributed by atoms with E-state index in [0.29, 0.717) is 18.8 Å². The zero-order valence-corrected chi connectivity index (χ0v) is 19.1. The van der Waals surface area contributed by atoms with E-state index in [4.69, 9.17) is 0 Å². The molecule has 2 heterocycles. The van der Waals surface area contributed by atoms with Crippen molar-refractivity contribution in [2.75, 3.05) is 32.0 Å². The Morgan fingerprint density at radius 2 is 1.74 bits per heavy atom. The summed E-state index contributed by atoms with van der Waals surface area (Å²) in [5.74, 6) is -0.635. The largest absolute Gasteiger partial charge is 0.356 e. The molecule has 31 heavy (non-hydrogen) atoms. The summed E-state index contributed by atoms with van der Waals surface area (Å²) in [5.41, 5.74) is 3.00. The van der Waals surface area contributed by atoms with Crippen LogP contribution in [-0.2, 0) is 14.8 Å². The minimum Gasteiger partial charge on any atom is -0.356 e. The zero-order chi connectivity index (χ0) is 22.6. The zero-order valence-electron chi connectivity index (χ0n) is 18.3. The summed E-state index contributed by atoms with van der Waals surface area (Å²) in [6, 6.07) is 6.87. The fourth-order valence-electron chi connectivity index (χ4n) is 3.58. The third kappa shape index (κ3) is 5.54. The average Bonchev–Trinajstić information content (AvgIpc) is 3.07. The number of anilines is 1. The lowest BCUT2D eigenvalue weighted by Crippen LogP contribution is -2.35. The molecule has 1 fully saturated rings. The highest BCUT2D eigenvalue weighted by Gasteiger charge is 2.26. The summed E-state index contributed by atoms with van der Waals surface area (Å²) >= 11 is 0. The van der Waals surface area contributed by atoms with Crippen LogP contribution < -0.4 is 5.32 Å². The van der Waals surface area contributed by atoms with Crippen molar-refractivity contribution in [3.8, 4) is 0 Å². The van der Waals surface area contributed by atoms with Gasteiger partial charge in [0.2, 0.25) is 15.9 Å². The number of aromatic amines is 1. The normalized spacial score (nSPS) is 15.0. The van der Waals surface area contributed by atoms with Gasteiger partial charge in [0, 0.05) is 32.0 Å². The number of likely N-dealkylation sites (N-methyl/N-ethyl adjacent to an activating group) is 1. The number of carbonyl (C=O) groups excluding carboxylic acids is 2. The van der Waals surface area contributed by atoms with E-state index in [1.165, 1.54) is 19.3 Å². The van der Waals surface area contributed by atoms with Gasteiger partial charge >= 0.3 is 0 Å². The van der Waals surface area contributed by atoms with Crippen molar-refractivity contribution < 1.29 is 18.0 Å². The van der Waals surface area contributed by atoms with E-state index in [0.717, 1.165) is 41.1 Å². The fraction of sp³-hybridized carbons (Fsp3) is 0.455. The molecule has 1 aromatic heterocycles. The monoisotopic (exact) mass is 446 g/mol. The van der Waals surface area contributed by atoms with Crippen LogP contribution in [0.1, 0.15) is 47.3 Å². The predicted octanol–water partition coefficient (Wildman–Crippen LogP) is 2.91. The van der Waals surface area contributed by atoms with Crippen LogP contribution in [0.2, 0.25) is 0 Å². The number of carbonyl (C=O) groups is 2. The molecule has 2 aromatic rings. The van der Waals surface area contributed by atoms with Crippen molar-refractivity contribution in [2.24, 2.45) is 0 Å². The molecular formula is C22H30N4O4S. The topological polar surface area (TPSA) is 103 Å². The summed E-state index contributed by atoms with van der Waals surface area (Å²) in [4.78, 5) is 29.6. The van der Waals surface area contributed by atoms with Gasteiger partial charge in [0.25, 0.3) is 5.91 Å². The first-order valence-electron chi connectivity index (χ1n) is 10.5. The molecule has 8 nitrogen and oxygen atoms in total. The maximum atomic E-state index is 12.9. The van der Waals surface area contributed by atoms with Crippen LogP contribution in [0.5, 0.6) is 0 Å². The predicted molar refractivity (Wildman–Crippen MR) is 120 cm³/mol. The van der Waals surface area contributed by atoms with Gasteiger partial charge in [0.15, 0.2) is 0 Å². The van der Waals surface area contributed by atoms with E-state index in [-0.39, 0.29) is 23.0 Å². The number of nitrogens with one attached hydrogen (secondary N) is 2. The van der Waals surface area contributed by atoms with Crippen molar-refractivity contribution in [2.45, 2.75) is 44.4 Å². The molecule has 1 aliphatic heterocycles. The molecule has 0 aliphatic carbocycles. The maximum Gasteiger partial charge on any atom is 0.270 e. The Balaban J connectivity index is 1.65. The highest BCUT2D eigenvalue weighted by molar-refractivity contribution is 7.89. The van der Waals surface area contributed by atoms with Crippen LogP contribution in [0.15, 0.2) is 35.4 Å². The molecule has 0 radical (unpaired) electrons. The highest BCUT2D eigenvalue weighted by atomic mass is 32.2. The summed E-state index contributed by atoms with van der Waals surface area (Å²) in [6.07, 6.45) is 5.41. The third-order valence-corrected chi connectivity index (χ3v) is 7.43. The van der Waals surface area contributed by atoms with Gasteiger partial charge in [0.05, 0.1) is 6.54 Å². The Kier molecular flexibility index (Phi) is 7.17. The van der Waals surface area contributed by atoms with E-state index in [1.807, 2.05) is 26.0 Å². The lowest BCUT2D eigenvalue weighted by molar-refractivity contribution is -0.116. The van der Waals surface area contributed by atoms with E-state index in [1.54, 1.807) is 11.0 Å². The molecule has 3 rings (SSSR count). The number of hydrogen-bond acceptors (Lipinski definition) is 4. The Bertz CT molecular complexity index is 1050. The molecule has 0 bridgehead atoms. The second kappa shape index (κ2) is 9.65. The Morgan fingerprint density at radius 3 is 2.39 bits per heavy atom. The number of aromatic nitrogens is 1. The maximum absolute atomic E-state index is 12.9. The van der Waals surface area contributed by atoms with Crippen molar-refractivity contribution in [3.05, 3.63) is 47.3 Å². The van der Waals surface area contributed by atoms with Gasteiger partial charge in [-0.05, 0) is 56.0 Å². The second-order valence-electron chi connectivity index (χ2n) is 8.06. The van der Waals surface area contributed by atoms with Gasteiger partial charge in [-0.15, -0.1) is 0 Å². The van der Waals surface area contributed by atoms with Gasteiger partial charge in [0.1, 0.15) is 10.6 Å². The SMILES string of the molecule is Cc1ccc(NC(=O)CN(C)S(=O)(=O)c2c[nH]c(C(=O)N3CCCCCC3)c2)cc1C. The van der Waals surface area contributed by atoms with Gasteiger partial charge in [-0.3, -0.25) is 9.59 Å². The smallest absolute Gasteiger partial charge is 0.270 e. The van der Waals surface area contributed by atoms with Crippen molar-refractivity contribution in [1.29, 1.82) is 0 Å². The summed E-state index contributed by atoms with van der Waals surface area (Å²) in [5, 5.41) is 2.72. The molecule has 0 spiro atoms. The number of sulfonamides is 1. The van der Waals surface area contributed by atoms with Crippen molar-refractivity contribution in [1.82, 2.24) is 14.2 Å². The average molecular weight is 447 g/mol. The number of hydrogen-bond donors (Lipinski definition) is 2. The molecule has 0 saturated carbocycles. The summed E-state index contributed by atoms with van der Waals surface area (Å²) in [6.45, 7) is 4.94. The van der Waals surface area contributed by atoms with Crippen LogP contribution in [0.4, 0.5) is 5.69 Å². The molecule has 9 heteroatoms. The van der Waals surface area contributed by atoms with Crippen molar-refractivity contribution >= 4 is 27.5 Å². The number of nitrogens with zero attached hydrogens (tertiary/aromatic N) is 2. The molecule has 0 atom stereocenters. The number of amides is 2. The lowest BCUT2D eigenvalue weighted by atomic mass is 10.1. The Labute approximate surface area is 183 Å². The Morgan fingerprint density at radius 1 is 1.06 bits per heavy atom. The standard InChI is InChI=1S/C22H30N4O4S/c1-16-8-9-18(12-17(16)2)24-21(27)15-25(3)31(29,30)19-13-20(23-14-19)22(28)26-10-6-4-5-7-11-26/h8-9,12-14,23H,4-7,10-11,15H2,1-3H3,(H,24,27). The lowest BCUT2D eigenvalue weighted by Gasteiger charge is -2.19. The Hall–Kier alpha value is -2.65. The third-order valence-electron chi connectivity index (χ3n) is 5.65. The molecule has 2 amide bonds. The molecule has 1 aliphatic rings. The van der Waals surface area contributed by atoms with E-state index in [9.17, 15) is 18.0 Å². The number of rotatable bonds is 6. The van der Waals surface area contributed by atoms with E-state index in [2.05, 4.69) is 10.3 Å². The number of aryl methyl sites for hydroxylation is 2. The van der Waals surface area contributed by atoms with Gasteiger partial charge in [-0.2, -0.15) is 4.31 Å². The number of benzene rings is 1. The fourth-order valence-corrected chi connectivity index (χ4v) is 4.70. The van der Waals surface area contributed by atoms with E-state index < -0.39 is 15.9 Å². The minimum atomic E-state index is -3.92. The van der Waals surface area contributed by atoms with Gasteiger partial charge < -0.3 is 15.2 Å². The summed E-state index contributed by atoms with van der Waals surface area (Å²) in [7, 11) is -2.58. The van der Waals surface area contributed by atoms with Crippen LogP contribution in [-0.4, -0.2) is 61.1 Å². The van der Waals surface area contributed by atoms with Crippen LogP contribution >= 0.6 is 0 Å². The van der Waals surface area contributed by atoms with Crippen LogP contribution in [0, 0.1) is 13.8 Å². The van der Waals surface area contributed by atoms with Crippen molar-refractivity contribution in [3.63, 3.8) is 0 Å². The number of likely N-dealkylation sites (tertiary alicyclic amines) is 1. The van der Waals surface area contributed by atoms with Crippen LogP contribution in [0.3, 0.4) is 0 Å². The quantitative estimate of drug-likeness (QED) is 0.712. The summed E-state index contributed by atoms with van der Waals surface area (Å²) < 4.78 is 26.8. The first kappa shape index (κ1) is 23.0. The molecule has 2 N–H and O–H groups in total. The highest BCUT2D eigenvalue weighted by Crippen LogP contribution is 2.19. The second-order valence-corrected chi connectivity index (χ2v) is 10.1. The first-order chi connectivity index (χ1) is 14.7. The number of H-pyrrole nitrogens is 1. The van der Waals surface area contributed by atoms with Crippen LogP contribution in [0.25, 0.3) is 0 Å². The molecule has 168 valence electrons. The van der Waals surface area contributed by atoms with E-state index >= 15 is 0 Å². The molecule has 0 unspecified atom stereocenters. The van der Waals surface area contributed by atoms with Gasteiger partial charge in [-0.1, -0.05) is 18.9 Å².